The highest BCUT2D eigenvalue weighted by molar-refractivity contribution is 8.15. The number of rotatable bonds is 4. The minimum absolute atomic E-state index is 0.0362. The molecule has 1 fully saturated rings. The lowest BCUT2D eigenvalue weighted by atomic mass is 10.3. The molecule has 2 heterocycles. The largest absolute Gasteiger partial charge is 0.486 e. The van der Waals surface area contributed by atoms with Gasteiger partial charge in [-0.25, -0.2) is 0 Å². The van der Waals surface area contributed by atoms with Crippen molar-refractivity contribution in [2.75, 3.05) is 5.75 Å². The maximum absolute atomic E-state index is 11.0. The summed E-state index contributed by atoms with van der Waals surface area (Å²) in [5.41, 5.74) is 0. The molecule has 20 heavy (non-hydrogen) atoms. The van der Waals surface area contributed by atoms with Crippen molar-refractivity contribution in [3.63, 3.8) is 0 Å². The first-order valence-electron chi connectivity index (χ1n) is 5.81. The zero-order valence-electron chi connectivity index (χ0n) is 10.3. The zero-order chi connectivity index (χ0) is 13.8. The highest BCUT2D eigenvalue weighted by atomic mass is 32.2. The van der Waals surface area contributed by atoms with Crippen LogP contribution in [-0.2, 0) is 11.4 Å². The van der Waals surface area contributed by atoms with E-state index in [0.717, 1.165) is 10.8 Å². The van der Waals surface area contributed by atoms with E-state index < -0.39 is 0 Å². The molecule has 0 unspecified atom stereocenters. The van der Waals surface area contributed by atoms with Gasteiger partial charge in [-0.1, -0.05) is 41.3 Å². The van der Waals surface area contributed by atoms with Gasteiger partial charge in [0.1, 0.15) is 12.4 Å². The highest BCUT2D eigenvalue weighted by Crippen LogP contribution is 2.22. The summed E-state index contributed by atoms with van der Waals surface area (Å²) in [6.45, 7) is 0.353. The summed E-state index contributed by atoms with van der Waals surface area (Å²) < 4.78 is 5.58. The fraction of sp³-hybridized carbons (Fsp3) is 0.167. The monoisotopic (exact) mass is 306 g/mol. The number of amides is 1. The van der Waals surface area contributed by atoms with Crippen LogP contribution in [0.4, 0.5) is 5.13 Å². The number of aliphatic imine (C=N–C) groups is 1. The number of aromatic nitrogens is 2. The molecule has 0 saturated carbocycles. The predicted molar refractivity (Wildman–Crippen MR) is 78.4 cm³/mol. The molecule has 8 heteroatoms. The Balaban J connectivity index is 1.61. The molecule has 1 amide bonds. The van der Waals surface area contributed by atoms with Crippen molar-refractivity contribution in [3.8, 4) is 5.75 Å². The molecule has 3 rings (SSSR count). The van der Waals surface area contributed by atoms with E-state index in [1.165, 1.54) is 23.1 Å². The SMILES string of the molecule is O=C1CS/C(=N/c2nnc(COc3ccccc3)s2)N1. The lowest BCUT2D eigenvalue weighted by molar-refractivity contribution is -0.116. The average molecular weight is 306 g/mol. The Morgan fingerprint density at radius 1 is 1.30 bits per heavy atom. The topological polar surface area (TPSA) is 76.5 Å². The second-order valence-electron chi connectivity index (χ2n) is 3.83. The number of hydrogen-bond donors (Lipinski definition) is 1. The van der Waals surface area contributed by atoms with Gasteiger partial charge in [0, 0.05) is 0 Å². The number of nitrogens with one attached hydrogen (secondary N) is 1. The van der Waals surface area contributed by atoms with Gasteiger partial charge in [-0.2, -0.15) is 4.99 Å². The van der Waals surface area contributed by atoms with Gasteiger partial charge in [-0.05, 0) is 12.1 Å². The highest BCUT2D eigenvalue weighted by Gasteiger charge is 2.17. The van der Waals surface area contributed by atoms with E-state index in [1.807, 2.05) is 30.3 Å². The van der Waals surface area contributed by atoms with E-state index in [9.17, 15) is 4.79 Å². The van der Waals surface area contributed by atoms with Gasteiger partial charge >= 0.3 is 0 Å². The van der Waals surface area contributed by atoms with Crippen molar-refractivity contribution in [3.05, 3.63) is 35.3 Å². The summed E-state index contributed by atoms with van der Waals surface area (Å²) in [6.07, 6.45) is 0. The van der Waals surface area contributed by atoms with E-state index in [-0.39, 0.29) is 5.91 Å². The molecular formula is C12H10N4O2S2. The second kappa shape index (κ2) is 6.02. The molecule has 0 bridgehead atoms. The maximum atomic E-state index is 11.0. The Morgan fingerprint density at radius 3 is 2.90 bits per heavy atom. The predicted octanol–water partition coefficient (Wildman–Crippen LogP) is 1.97. The normalized spacial score (nSPS) is 16.4. The minimum Gasteiger partial charge on any atom is -0.486 e. The molecule has 1 saturated heterocycles. The lowest BCUT2D eigenvalue weighted by Crippen LogP contribution is -2.19. The molecule has 2 aromatic rings. The van der Waals surface area contributed by atoms with Gasteiger partial charge in [0.2, 0.25) is 11.0 Å². The van der Waals surface area contributed by atoms with Gasteiger partial charge < -0.3 is 10.1 Å². The van der Waals surface area contributed by atoms with Gasteiger partial charge in [-0.3, -0.25) is 4.79 Å². The van der Waals surface area contributed by atoms with Crippen molar-refractivity contribution in [1.29, 1.82) is 0 Å². The van der Waals surface area contributed by atoms with E-state index in [0.29, 0.717) is 22.7 Å². The van der Waals surface area contributed by atoms with Gasteiger partial charge in [-0.15, -0.1) is 10.2 Å². The van der Waals surface area contributed by atoms with Gasteiger partial charge in [0.15, 0.2) is 10.2 Å². The number of hydrogen-bond acceptors (Lipinski definition) is 7. The van der Waals surface area contributed by atoms with Crippen LogP contribution in [0.15, 0.2) is 35.3 Å². The number of para-hydroxylation sites is 1. The third-order valence-corrected chi connectivity index (χ3v) is 4.01. The molecular weight excluding hydrogens is 296 g/mol. The molecule has 6 nitrogen and oxygen atoms in total. The minimum atomic E-state index is -0.0362. The number of ether oxygens (including phenoxy) is 1. The third kappa shape index (κ3) is 3.34. The van der Waals surface area contributed by atoms with E-state index in [1.54, 1.807) is 0 Å². The Hall–Kier alpha value is -1.93. The van der Waals surface area contributed by atoms with Crippen molar-refractivity contribution in [2.45, 2.75) is 6.61 Å². The first-order chi connectivity index (χ1) is 9.79. The summed E-state index contributed by atoms with van der Waals surface area (Å²) in [7, 11) is 0. The molecule has 0 radical (unpaired) electrons. The Kier molecular flexibility index (Phi) is 3.93. The third-order valence-electron chi connectivity index (χ3n) is 2.35. The molecule has 1 aromatic heterocycles. The fourth-order valence-corrected chi connectivity index (χ4v) is 2.85. The van der Waals surface area contributed by atoms with E-state index in [2.05, 4.69) is 20.5 Å². The average Bonchev–Trinajstić information content (AvgIpc) is 3.08. The Bertz CT molecular complexity index is 642. The number of amidine groups is 1. The number of carbonyl (C=O) groups is 1. The first-order valence-corrected chi connectivity index (χ1v) is 7.61. The maximum Gasteiger partial charge on any atom is 0.236 e. The molecule has 1 aromatic carbocycles. The van der Waals surface area contributed by atoms with Crippen LogP contribution < -0.4 is 10.1 Å². The summed E-state index contributed by atoms with van der Waals surface area (Å²) in [6, 6.07) is 9.51. The van der Waals surface area contributed by atoms with Crippen molar-refractivity contribution in [1.82, 2.24) is 15.5 Å². The smallest absolute Gasteiger partial charge is 0.236 e. The lowest BCUT2D eigenvalue weighted by Gasteiger charge is -2.01. The number of benzene rings is 1. The number of nitrogens with zero attached hydrogens (tertiary/aromatic N) is 3. The van der Waals surface area contributed by atoms with Gasteiger partial charge in [0.25, 0.3) is 0 Å². The molecule has 0 aliphatic carbocycles. The number of thioether (sulfide) groups is 1. The van der Waals surface area contributed by atoms with Crippen molar-refractivity contribution >= 4 is 39.3 Å². The van der Waals surface area contributed by atoms with Crippen LogP contribution in [0.1, 0.15) is 5.01 Å². The molecule has 1 aliphatic heterocycles. The zero-order valence-corrected chi connectivity index (χ0v) is 11.9. The number of carbonyl (C=O) groups excluding carboxylic acids is 1. The quantitative estimate of drug-likeness (QED) is 0.934. The van der Waals surface area contributed by atoms with Crippen molar-refractivity contribution in [2.24, 2.45) is 4.99 Å². The first kappa shape index (κ1) is 13.1. The van der Waals surface area contributed by atoms with Crippen LogP contribution in [0.25, 0.3) is 0 Å². The molecule has 1 aliphatic rings. The molecule has 0 atom stereocenters. The standard InChI is InChI=1S/C12H10N4O2S2/c17-9-7-19-11(13-9)14-12-16-15-10(20-12)6-18-8-4-2-1-3-5-8/h1-5H,6-7H2,(H,13,14,16,17). The van der Waals surface area contributed by atoms with Crippen LogP contribution in [-0.4, -0.2) is 27.0 Å². The van der Waals surface area contributed by atoms with Crippen LogP contribution >= 0.6 is 23.1 Å². The van der Waals surface area contributed by atoms with E-state index >= 15 is 0 Å². The fourth-order valence-electron chi connectivity index (χ4n) is 1.48. The van der Waals surface area contributed by atoms with E-state index in [4.69, 9.17) is 4.74 Å². The summed E-state index contributed by atoms with van der Waals surface area (Å²) in [5, 5.41) is 12.4. The van der Waals surface area contributed by atoms with Crippen LogP contribution in [0.3, 0.4) is 0 Å². The summed E-state index contributed by atoms with van der Waals surface area (Å²) in [4.78, 5) is 15.3. The van der Waals surface area contributed by atoms with Gasteiger partial charge in [0.05, 0.1) is 5.75 Å². The van der Waals surface area contributed by atoms with Crippen LogP contribution in [0.5, 0.6) is 5.75 Å². The van der Waals surface area contributed by atoms with Crippen LogP contribution in [0, 0.1) is 0 Å². The molecule has 102 valence electrons. The van der Waals surface area contributed by atoms with Crippen LogP contribution in [0.2, 0.25) is 0 Å². The Morgan fingerprint density at radius 2 is 2.15 bits per heavy atom. The summed E-state index contributed by atoms with van der Waals surface area (Å²) >= 11 is 2.70. The molecule has 1 N–H and O–H groups in total. The van der Waals surface area contributed by atoms with Crippen molar-refractivity contribution < 1.29 is 9.53 Å². The second-order valence-corrected chi connectivity index (χ2v) is 5.84. The summed E-state index contributed by atoms with van der Waals surface area (Å²) in [5.74, 6) is 1.15. The Labute approximate surface area is 123 Å². The molecule has 0 spiro atoms.